The highest BCUT2D eigenvalue weighted by atomic mass is 35.5. The van der Waals surface area contributed by atoms with Gasteiger partial charge in [0.1, 0.15) is 0 Å². The molecule has 3 rings (SSSR count). The maximum atomic E-state index is 11.2. The van der Waals surface area contributed by atoms with E-state index in [1.54, 1.807) is 6.92 Å². The van der Waals surface area contributed by atoms with Crippen molar-refractivity contribution in [2.24, 2.45) is 0 Å². The summed E-state index contributed by atoms with van der Waals surface area (Å²) in [6, 6.07) is 9.57. The quantitative estimate of drug-likeness (QED) is 0.730. The summed E-state index contributed by atoms with van der Waals surface area (Å²) in [7, 11) is 0. The number of rotatable bonds is 2. The number of nitrogens with one attached hydrogen (secondary N) is 1. The van der Waals surface area contributed by atoms with Crippen LogP contribution in [0.2, 0.25) is 5.02 Å². The molecule has 3 nitrogen and oxygen atoms in total. The smallest absolute Gasteiger partial charge is 0.310 e. The van der Waals surface area contributed by atoms with Crippen molar-refractivity contribution in [3.63, 3.8) is 0 Å². The first-order valence-electron chi connectivity index (χ1n) is 6.42. The summed E-state index contributed by atoms with van der Waals surface area (Å²) in [5.74, 6) is -1.33. The molecule has 0 amide bonds. The number of aliphatic carboxylic acids is 1. The number of aromatic amines is 1. The number of hydrogen-bond donors (Lipinski definition) is 2. The number of halogens is 1. The minimum absolute atomic E-state index is 0.519. The van der Waals surface area contributed by atoms with Crippen LogP contribution in [0.5, 0.6) is 0 Å². The van der Waals surface area contributed by atoms with E-state index in [1.807, 2.05) is 37.3 Å². The number of carbonyl (C=O) groups is 1. The molecule has 0 radical (unpaired) electrons. The molecule has 0 saturated heterocycles. The highest BCUT2D eigenvalue weighted by Gasteiger charge is 2.18. The number of aryl methyl sites for hydroxylation is 1. The van der Waals surface area contributed by atoms with Crippen LogP contribution in [0.25, 0.3) is 21.8 Å². The van der Waals surface area contributed by atoms with E-state index in [2.05, 4.69) is 4.98 Å². The van der Waals surface area contributed by atoms with Gasteiger partial charge in [-0.15, -0.1) is 0 Å². The van der Waals surface area contributed by atoms with E-state index in [1.165, 1.54) is 0 Å². The van der Waals surface area contributed by atoms with Crippen LogP contribution in [0.1, 0.15) is 24.0 Å². The van der Waals surface area contributed by atoms with Crippen molar-refractivity contribution in [2.75, 3.05) is 0 Å². The Bertz CT molecular complexity index is 835. The minimum atomic E-state index is -0.813. The average molecular weight is 288 g/mol. The number of fused-ring (bicyclic) bond motifs is 3. The number of carboxylic acid groups (broad SMARTS) is 1. The van der Waals surface area contributed by atoms with Gasteiger partial charge in [0.25, 0.3) is 0 Å². The Morgan fingerprint density at radius 3 is 2.70 bits per heavy atom. The number of hydrogen-bond acceptors (Lipinski definition) is 1. The molecule has 0 unspecified atom stereocenters. The van der Waals surface area contributed by atoms with Gasteiger partial charge in [0.15, 0.2) is 0 Å². The second-order valence-corrected chi connectivity index (χ2v) is 5.51. The van der Waals surface area contributed by atoms with Crippen LogP contribution in [0.15, 0.2) is 30.3 Å². The summed E-state index contributed by atoms with van der Waals surface area (Å²) < 4.78 is 0. The van der Waals surface area contributed by atoms with Crippen molar-refractivity contribution in [1.82, 2.24) is 4.98 Å². The highest BCUT2D eigenvalue weighted by Crippen LogP contribution is 2.33. The van der Waals surface area contributed by atoms with E-state index in [9.17, 15) is 9.90 Å². The Morgan fingerprint density at radius 1 is 1.25 bits per heavy atom. The van der Waals surface area contributed by atoms with E-state index in [0.717, 1.165) is 32.9 Å². The van der Waals surface area contributed by atoms with Crippen molar-refractivity contribution in [2.45, 2.75) is 19.8 Å². The zero-order valence-electron chi connectivity index (χ0n) is 11.2. The summed E-state index contributed by atoms with van der Waals surface area (Å²) in [5.41, 5.74) is 3.80. The van der Waals surface area contributed by atoms with E-state index in [0.29, 0.717) is 5.02 Å². The zero-order chi connectivity index (χ0) is 14.4. The van der Waals surface area contributed by atoms with Gasteiger partial charge < -0.3 is 10.1 Å². The average Bonchev–Trinajstić information content (AvgIpc) is 2.77. The van der Waals surface area contributed by atoms with Gasteiger partial charge in [0, 0.05) is 26.8 Å². The van der Waals surface area contributed by atoms with E-state index in [4.69, 9.17) is 11.6 Å². The molecule has 0 fully saturated rings. The van der Waals surface area contributed by atoms with Gasteiger partial charge in [-0.05, 0) is 43.2 Å². The van der Waals surface area contributed by atoms with Crippen molar-refractivity contribution in [3.8, 4) is 0 Å². The SMILES string of the molecule is Cc1c([C@H](C)C(=O)O)ccc2c1[nH]c1ccc(Cl)cc12. The Labute approximate surface area is 121 Å². The van der Waals surface area contributed by atoms with E-state index in [-0.39, 0.29) is 0 Å². The first kappa shape index (κ1) is 13.0. The molecule has 2 N–H and O–H groups in total. The minimum Gasteiger partial charge on any atom is -0.481 e. The molecule has 3 aromatic rings. The third kappa shape index (κ3) is 1.86. The van der Waals surface area contributed by atoms with Crippen molar-refractivity contribution >= 4 is 39.4 Å². The van der Waals surface area contributed by atoms with Crippen LogP contribution in [0.3, 0.4) is 0 Å². The number of H-pyrrole nitrogens is 1. The standard InChI is InChI=1S/C16H14ClNO2/c1-8-11(9(2)16(19)20)4-5-12-13-7-10(17)3-6-14(13)18-15(8)12/h3-7,9,18H,1-2H3,(H,19,20)/t9-/m0/s1. The number of carboxylic acids is 1. The fourth-order valence-corrected chi connectivity index (χ4v) is 2.87. The Morgan fingerprint density at radius 2 is 2.00 bits per heavy atom. The van der Waals surface area contributed by atoms with Crippen LogP contribution in [-0.4, -0.2) is 16.1 Å². The third-order valence-corrected chi connectivity index (χ3v) is 4.11. The summed E-state index contributed by atoms with van der Waals surface area (Å²) >= 11 is 6.05. The summed E-state index contributed by atoms with van der Waals surface area (Å²) in [6.45, 7) is 3.66. The van der Waals surface area contributed by atoms with Crippen LogP contribution in [0.4, 0.5) is 0 Å². The number of benzene rings is 2. The maximum Gasteiger partial charge on any atom is 0.310 e. The lowest BCUT2D eigenvalue weighted by Gasteiger charge is -2.11. The van der Waals surface area contributed by atoms with Gasteiger partial charge in [-0.25, -0.2) is 0 Å². The lowest BCUT2D eigenvalue weighted by molar-refractivity contribution is -0.138. The predicted octanol–water partition coefficient (Wildman–Crippen LogP) is 4.47. The van der Waals surface area contributed by atoms with Crippen molar-refractivity contribution < 1.29 is 9.90 Å². The van der Waals surface area contributed by atoms with Crippen LogP contribution < -0.4 is 0 Å². The maximum absolute atomic E-state index is 11.2. The van der Waals surface area contributed by atoms with E-state index < -0.39 is 11.9 Å². The van der Waals surface area contributed by atoms with Gasteiger partial charge in [0.2, 0.25) is 0 Å². The Balaban J connectivity index is 2.33. The molecule has 2 aromatic carbocycles. The third-order valence-electron chi connectivity index (χ3n) is 3.88. The van der Waals surface area contributed by atoms with Gasteiger partial charge in [-0.3, -0.25) is 4.79 Å². The van der Waals surface area contributed by atoms with Crippen molar-refractivity contribution in [3.05, 3.63) is 46.5 Å². The molecule has 0 aliphatic rings. The molecule has 0 aliphatic carbocycles. The van der Waals surface area contributed by atoms with Gasteiger partial charge in [-0.1, -0.05) is 23.7 Å². The largest absolute Gasteiger partial charge is 0.481 e. The molecule has 0 bridgehead atoms. The van der Waals surface area contributed by atoms with Crippen LogP contribution >= 0.6 is 11.6 Å². The molecule has 102 valence electrons. The molecular formula is C16H14ClNO2. The number of aromatic nitrogens is 1. The zero-order valence-corrected chi connectivity index (χ0v) is 12.0. The summed E-state index contributed by atoms with van der Waals surface area (Å²) in [6.07, 6.45) is 0. The molecule has 4 heteroatoms. The fourth-order valence-electron chi connectivity index (χ4n) is 2.70. The Hall–Kier alpha value is -2.00. The second-order valence-electron chi connectivity index (χ2n) is 5.08. The molecule has 0 spiro atoms. The molecule has 20 heavy (non-hydrogen) atoms. The molecular weight excluding hydrogens is 274 g/mol. The van der Waals surface area contributed by atoms with Crippen LogP contribution in [-0.2, 0) is 4.79 Å². The van der Waals surface area contributed by atoms with Crippen molar-refractivity contribution in [1.29, 1.82) is 0 Å². The molecule has 0 aliphatic heterocycles. The van der Waals surface area contributed by atoms with E-state index >= 15 is 0 Å². The molecule has 1 aromatic heterocycles. The summed E-state index contributed by atoms with van der Waals surface area (Å²) in [5, 5.41) is 12.0. The molecule has 0 saturated carbocycles. The highest BCUT2D eigenvalue weighted by molar-refractivity contribution is 6.31. The first-order valence-corrected chi connectivity index (χ1v) is 6.80. The van der Waals surface area contributed by atoms with Gasteiger partial charge >= 0.3 is 5.97 Å². The molecule has 1 atom stereocenters. The fraction of sp³-hybridized carbons (Fsp3) is 0.188. The first-order chi connectivity index (χ1) is 9.49. The van der Waals surface area contributed by atoms with Gasteiger partial charge in [0.05, 0.1) is 5.92 Å². The lowest BCUT2D eigenvalue weighted by atomic mass is 9.94. The predicted molar refractivity (Wildman–Crippen MR) is 81.6 cm³/mol. The normalized spacial score (nSPS) is 12.9. The lowest BCUT2D eigenvalue weighted by Crippen LogP contribution is -2.08. The second kappa shape index (κ2) is 4.53. The van der Waals surface area contributed by atoms with Gasteiger partial charge in [-0.2, -0.15) is 0 Å². The molecule has 1 heterocycles. The topological polar surface area (TPSA) is 53.1 Å². The summed E-state index contributed by atoms with van der Waals surface area (Å²) in [4.78, 5) is 14.5. The van der Waals surface area contributed by atoms with Crippen LogP contribution in [0, 0.1) is 6.92 Å². The Kier molecular flexibility index (Phi) is 2.94. The monoisotopic (exact) mass is 287 g/mol.